The molecule has 0 aliphatic rings. The van der Waals surface area contributed by atoms with E-state index in [-0.39, 0.29) is 5.54 Å². The van der Waals surface area contributed by atoms with Crippen LogP contribution in [0.15, 0.2) is 91.1 Å². The van der Waals surface area contributed by atoms with Gasteiger partial charge in [-0.05, 0) is 42.7 Å². The highest BCUT2D eigenvalue weighted by Crippen LogP contribution is 2.35. The van der Waals surface area contributed by atoms with Crippen molar-refractivity contribution in [3.05, 3.63) is 96.7 Å². The van der Waals surface area contributed by atoms with E-state index in [2.05, 4.69) is 103 Å². The van der Waals surface area contributed by atoms with Gasteiger partial charge in [-0.3, -0.25) is 4.98 Å². The highest BCUT2D eigenvalue weighted by molar-refractivity contribution is 6.09. The molecule has 0 aliphatic heterocycles. The number of pyridine rings is 1. The van der Waals surface area contributed by atoms with Gasteiger partial charge in [-0.25, -0.2) is 0 Å². The number of hydrogen-bond acceptors (Lipinski definition) is 2. The van der Waals surface area contributed by atoms with E-state index in [1.807, 2.05) is 6.20 Å². The average molecular weight is 406 g/mol. The van der Waals surface area contributed by atoms with Gasteiger partial charge < -0.3 is 10.3 Å². The fourth-order valence-electron chi connectivity index (χ4n) is 4.65. The van der Waals surface area contributed by atoms with E-state index in [9.17, 15) is 0 Å². The summed E-state index contributed by atoms with van der Waals surface area (Å²) in [4.78, 5) is 4.88. The van der Waals surface area contributed by atoms with Crippen molar-refractivity contribution >= 4 is 21.8 Å². The molecule has 154 valence electrons. The highest BCUT2D eigenvalue weighted by Gasteiger charge is 2.26. The van der Waals surface area contributed by atoms with Crippen LogP contribution >= 0.6 is 0 Å². The van der Waals surface area contributed by atoms with Crippen LogP contribution in [0.5, 0.6) is 0 Å². The Morgan fingerprint density at radius 3 is 1.90 bits per heavy atom. The molecule has 3 nitrogen and oxygen atoms in total. The number of nitrogens with two attached hydrogens (primary N) is 1. The van der Waals surface area contributed by atoms with Gasteiger partial charge in [-0.2, -0.15) is 0 Å². The molecular weight excluding hydrogens is 378 g/mol. The summed E-state index contributed by atoms with van der Waals surface area (Å²) < 4.78 is 2.29. The summed E-state index contributed by atoms with van der Waals surface area (Å²) in [6, 6.07) is 29.8. The van der Waals surface area contributed by atoms with Gasteiger partial charge in [0, 0.05) is 21.9 Å². The van der Waals surface area contributed by atoms with Crippen molar-refractivity contribution in [3.63, 3.8) is 0 Å². The number of benzene rings is 3. The second-order valence-electron chi connectivity index (χ2n) is 8.18. The quantitative estimate of drug-likeness (QED) is 0.349. The lowest BCUT2D eigenvalue weighted by Crippen LogP contribution is -2.35. The molecule has 3 heteroatoms. The van der Waals surface area contributed by atoms with Gasteiger partial charge in [0.15, 0.2) is 0 Å². The zero-order chi connectivity index (χ0) is 21.4. The van der Waals surface area contributed by atoms with Crippen LogP contribution in [0.1, 0.15) is 32.3 Å². The molecule has 0 spiro atoms. The normalized spacial score (nSPS) is 12.0. The molecule has 0 aliphatic carbocycles. The standard InChI is InChI=1S/C28H27N3/c1-3-28(29,4-2)24-14-8-5-13-23(24)25-18-17-20(19-30-25)31-26-15-9-6-11-21(26)22-12-7-10-16-27(22)31/h5-19H,3-4,29H2,1-2H3. The van der Waals surface area contributed by atoms with E-state index < -0.39 is 0 Å². The predicted octanol–water partition coefficient (Wildman–Crippen LogP) is 6.82. The second-order valence-corrected chi connectivity index (χ2v) is 8.18. The SMILES string of the molecule is CCC(N)(CC)c1ccccc1-c1ccc(-n2c3ccccc3c3ccccc32)cn1. The Kier molecular flexibility index (Phi) is 4.84. The fraction of sp³-hybridized carbons (Fsp3) is 0.179. The molecule has 0 saturated carbocycles. The number of fused-ring (bicyclic) bond motifs is 3. The van der Waals surface area contributed by atoms with E-state index in [1.165, 1.54) is 21.8 Å². The summed E-state index contributed by atoms with van der Waals surface area (Å²) in [6.07, 6.45) is 3.75. The van der Waals surface area contributed by atoms with Crippen molar-refractivity contribution in [2.45, 2.75) is 32.2 Å². The van der Waals surface area contributed by atoms with Gasteiger partial charge in [-0.15, -0.1) is 0 Å². The van der Waals surface area contributed by atoms with Crippen molar-refractivity contribution in [1.82, 2.24) is 9.55 Å². The molecule has 5 aromatic rings. The number of rotatable bonds is 5. The first-order valence-electron chi connectivity index (χ1n) is 11.0. The average Bonchev–Trinajstić information content (AvgIpc) is 3.18. The third kappa shape index (κ3) is 3.13. The Hall–Kier alpha value is -3.43. The number of aromatic nitrogens is 2. The maximum atomic E-state index is 6.76. The topological polar surface area (TPSA) is 43.8 Å². The van der Waals surface area contributed by atoms with Crippen molar-refractivity contribution in [1.29, 1.82) is 0 Å². The number of para-hydroxylation sites is 2. The van der Waals surface area contributed by atoms with E-state index in [4.69, 9.17) is 10.7 Å². The minimum Gasteiger partial charge on any atom is -0.321 e. The Balaban J connectivity index is 1.65. The second kappa shape index (κ2) is 7.68. The van der Waals surface area contributed by atoms with Crippen LogP contribution in [0.2, 0.25) is 0 Å². The summed E-state index contributed by atoms with van der Waals surface area (Å²) in [5, 5.41) is 2.51. The molecule has 2 N–H and O–H groups in total. The van der Waals surface area contributed by atoms with E-state index in [0.29, 0.717) is 0 Å². The summed E-state index contributed by atoms with van der Waals surface area (Å²) in [6.45, 7) is 4.30. The van der Waals surface area contributed by atoms with Crippen LogP contribution in [0.4, 0.5) is 0 Å². The summed E-state index contributed by atoms with van der Waals surface area (Å²) in [5.41, 5.74) is 13.1. The van der Waals surface area contributed by atoms with Crippen molar-refractivity contribution in [2.24, 2.45) is 5.73 Å². The van der Waals surface area contributed by atoms with Crippen LogP contribution in [0.3, 0.4) is 0 Å². The number of nitrogens with zero attached hydrogens (tertiary/aromatic N) is 2. The minimum atomic E-state index is -0.343. The highest BCUT2D eigenvalue weighted by atomic mass is 15.0. The first-order valence-corrected chi connectivity index (χ1v) is 11.0. The zero-order valence-electron chi connectivity index (χ0n) is 18.0. The van der Waals surface area contributed by atoms with Gasteiger partial charge in [-0.1, -0.05) is 74.5 Å². The Morgan fingerprint density at radius 2 is 1.32 bits per heavy atom. The summed E-state index contributed by atoms with van der Waals surface area (Å²) in [7, 11) is 0. The minimum absolute atomic E-state index is 0.343. The van der Waals surface area contributed by atoms with Crippen LogP contribution in [0.25, 0.3) is 38.8 Å². The van der Waals surface area contributed by atoms with E-state index in [1.54, 1.807) is 0 Å². The molecule has 31 heavy (non-hydrogen) atoms. The molecule has 0 atom stereocenters. The van der Waals surface area contributed by atoms with Gasteiger partial charge >= 0.3 is 0 Å². The lowest BCUT2D eigenvalue weighted by atomic mass is 9.82. The largest absolute Gasteiger partial charge is 0.321 e. The molecule has 0 unspecified atom stereocenters. The van der Waals surface area contributed by atoms with Gasteiger partial charge in [0.25, 0.3) is 0 Å². The third-order valence-corrected chi connectivity index (χ3v) is 6.59. The summed E-state index contributed by atoms with van der Waals surface area (Å²) >= 11 is 0. The smallest absolute Gasteiger partial charge is 0.0707 e. The van der Waals surface area contributed by atoms with Gasteiger partial charge in [0.2, 0.25) is 0 Å². The van der Waals surface area contributed by atoms with Gasteiger partial charge in [0.05, 0.1) is 28.6 Å². The maximum absolute atomic E-state index is 6.76. The lowest BCUT2D eigenvalue weighted by molar-refractivity contribution is 0.414. The molecule has 2 aromatic heterocycles. The predicted molar refractivity (Wildman–Crippen MR) is 130 cm³/mol. The van der Waals surface area contributed by atoms with Crippen molar-refractivity contribution in [3.8, 4) is 16.9 Å². The van der Waals surface area contributed by atoms with E-state index >= 15 is 0 Å². The molecule has 3 aromatic carbocycles. The van der Waals surface area contributed by atoms with Crippen LogP contribution < -0.4 is 5.73 Å². The fourth-order valence-corrected chi connectivity index (χ4v) is 4.65. The molecule has 2 heterocycles. The molecular formula is C28H27N3. The van der Waals surface area contributed by atoms with Crippen LogP contribution in [0, 0.1) is 0 Å². The van der Waals surface area contributed by atoms with Crippen molar-refractivity contribution < 1.29 is 0 Å². The Morgan fingerprint density at radius 1 is 0.742 bits per heavy atom. The van der Waals surface area contributed by atoms with Crippen LogP contribution in [-0.2, 0) is 5.54 Å². The first-order chi connectivity index (χ1) is 15.2. The Bertz CT molecular complexity index is 1310. The monoisotopic (exact) mass is 405 g/mol. The van der Waals surface area contributed by atoms with Gasteiger partial charge in [0.1, 0.15) is 0 Å². The Labute approximate surface area is 183 Å². The van der Waals surface area contributed by atoms with Crippen LogP contribution in [-0.4, -0.2) is 9.55 Å². The summed E-state index contributed by atoms with van der Waals surface area (Å²) in [5.74, 6) is 0. The molecule has 0 saturated heterocycles. The zero-order valence-corrected chi connectivity index (χ0v) is 18.0. The number of hydrogen-bond donors (Lipinski definition) is 1. The molecule has 0 fully saturated rings. The molecule has 5 rings (SSSR count). The lowest BCUT2D eigenvalue weighted by Gasteiger charge is -2.29. The van der Waals surface area contributed by atoms with E-state index in [0.717, 1.165) is 35.3 Å². The maximum Gasteiger partial charge on any atom is 0.0707 e. The molecule has 0 amide bonds. The molecule has 0 bridgehead atoms. The molecule has 0 radical (unpaired) electrons. The van der Waals surface area contributed by atoms with Crippen molar-refractivity contribution in [2.75, 3.05) is 0 Å². The third-order valence-electron chi connectivity index (χ3n) is 6.59. The first kappa shape index (κ1) is 19.5.